The number of carbonyl (C=O) groups is 3. The van der Waals surface area contributed by atoms with Gasteiger partial charge in [-0.05, 0) is 59.9 Å². The first-order chi connectivity index (χ1) is 20.4. The Morgan fingerprint density at radius 3 is 2.10 bits per heavy atom. The van der Waals surface area contributed by atoms with Gasteiger partial charge >= 0.3 is 12.1 Å². The van der Waals surface area contributed by atoms with E-state index in [-0.39, 0.29) is 18.4 Å². The SMILES string of the molecule is O=C(NC1(C(=O)N2CCCC[C@H]2C(=O)O)CCN(Cc2ccccc2)CC1)OCC1c2ccccc2-c2ccccc21. The van der Waals surface area contributed by atoms with Crippen LogP contribution >= 0.6 is 0 Å². The quantitative estimate of drug-likeness (QED) is 0.416. The largest absolute Gasteiger partial charge is 0.480 e. The molecule has 3 aliphatic rings. The van der Waals surface area contributed by atoms with Gasteiger partial charge < -0.3 is 20.1 Å². The molecular formula is C34H37N3O5. The monoisotopic (exact) mass is 567 g/mol. The van der Waals surface area contributed by atoms with Crippen LogP contribution in [0.5, 0.6) is 0 Å². The van der Waals surface area contributed by atoms with Gasteiger partial charge in [-0.25, -0.2) is 9.59 Å². The summed E-state index contributed by atoms with van der Waals surface area (Å²) in [6.45, 7) is 2.45. The number of piperidine rings is 2. The third-order valence-electron chi connectivity index (χ3n) is 9.10. The second kappa shape index (κ2) is 12.0. The number of nitrogens with one attached hydrogen (secondary N) is 1. The molecule has 0 spiro atoms. The highest BCUT2D eigenvalue weighted by Crippen LogP contribution is 2.44. The number of rotatable bonds is 7. The van der Waals surface area contributed by atoms with Crippen LogP contribution in [-0.2, 0) is 20.9 Å². The average molecular weight is 568 g/mol. The van der Waals surface area contributed by atoms with Gasteiger partial charge in [0.05, 0.1) is 0 Å². The number of ether oxygens (including phenoxy) is 1. The van der Waals surface area contributed by atoms with Crippen LogP contribution in [0.2, 0.25) is 0 Å². The third kappa shape index (κ3) is 5.51. The number of amides is 2. The van der Waals surface area contributed by atoms with Gasteiger partial charge in [0.2, 0.25) is 5.91 Å². The Hall–Kier alpha value is -4.17. The smallest absolute Gasteiger partial charge is 0.408 e. The minimum atomic E-state index is -1.22. The molecule has 0 radical (unpaired) electrons. The molecule has 8 nitrogen and oxygen atoms in total. The van der Waals surface area contributed by atoms with Gasteiger partial charge in [-0.1, -0.05) is 78.9 Å². The van der Waals surface area contributed by atoms with Gasteiger partial charge in [0.25, 0.3) is 0 Å². The number of nitrogens with zero attached hydrogens (tertiary/aromatic N) is 2. The third-order valence-corrected chi connectivity index (χ3v) is 9.10. The molecule has 0 aromatic heterocycles. The summed E-state index contributed by atoms with van der Waals surface area (Å²) in [5.74, 6) is -1.41. The molecule has 1 aliphatic carbocycles. The highest BCUT2D eigenvalue weighted by atomic mass is 16.5. The Balaban J connectivity index is 1.19. The van der Waals surface area contributed by atoms with Crippen molar-refractivity contribution in [3.63, 3.8) is 0 Å². The maximum Gasteiger partial charge on any atom is 0.408 e. The fourth-order valence-corrected chi connectivity index (χ4v) is 6.86. The molecule has 2 aliphatic heterocycles. The van der Waals surface area contributed by atoms with Crippen molar-refractivity contribution in [3.8, 4) is 11.1 Å². The van der Waals surface area contributed by atoms with Crippen LogP contribution in [0.15, 0.2) is 78.9 Å². The second-order valence-electron chi connectivity index (χ2n) is 11.6. The van der Waals surface area contributed by atoms with Crippen LogP contribution in [0, 0.1) is 0 Å². The molecule has 2 heterocycles. The lowest BCUT2D eigenvalue weighted by Gasteiger charge is -2.45. The van der Waals surface area contributed by atoms with E-state index in [0.717, 1.165) is 41.6 Å². The van der Waals surface area contributed by atoms with Gasteiger partial charge in [0.1, 0.15) is 18.2 Å². The lowest BCUT2D eigenvalue weighted by molar-refractivity contribution is -0.156. The Morgan fingerprint density at radius 2 is 1.45 bits per heavy atom. The van der Waals surface area contributed by atoms with Crippen LogP contribution < -0.4 is 5.32 Å². The highest BCUT2D eigenvalue weighted by molar-refractivity contribution is 5.93. The van der Waals surface area contributed by atoms with Crippen LogP contribution in [0.1, 0.15) is 54.7 Å². The molecule has 42 heavy (non-hydrogen) atoms. The number of fused-ring (bicyclic) bond motifs is 3. The molecule has 3 aromatic rings. The highest BCUT2D eigenvalue weighted by Gasteiger charge is 2.48. The summed E-state index contributed by atoms with van der Waals surface area (Å²) in [5.41, 5.74) is 4.48. The number of hydrogen-bond acceptors (Lipinski definition) is 5. The van der Waals surface area contributed by atoms with Gasteiger partial charge in [-0.15, -0.1) is 0 Å². The Bertz CT molecular complexity index is 1400. The molecule has 2 fully saturated rings. The molecule has 1 atom stereocenters. The second-order valence-corrected chi connectivity index (χ2v) is 11.6. The number of hydrogen-bond donors (Lipinski definition) is 2. The normalized spacial score (nSPS) is 19.9. The standard InChI is InChI=1S/C34H37N3O5/c38-31(39)30-16-8-9-19-37(30)32(40)34(17-20-36(21-18-34)22-24-10-2-1-3-11-24)35-33(41)42-23-29-27-14-6-4-12-25(27)26-13-5-7-15-28(26)29/h1-7,10-15,29-30H,8-9,16-23H2,(H,35,41)(H,38,39)/t30-/m0/s1. The van der Waals surface area contributed by atoms with Gasteiger partial charge in [-0.2, -0.15) is 0 Å². The summed E-state index contributed by atoms with van der Waals surface area (Å²) >= 11 is 0. The van der Waals surface area contributed by atoms with E-state index >= 15 is 0 Å². The Labute approximate surface area is 246 Å². The van der Waals surface area contributed by atoms with Crippen molar-refractivity contribution in [2.24, 2.45) is 0 Å². The number of benzene rings is 3. The topological polar surface area (TPSA) is 99.2 Å². The van der Waals surface area contributed by atoms with Crippen molar-refractivity contribution < 1.29 is 24.2 Å². The molecule has 2 N–H and O–H groups in total. The molecule has 2 amide bonds. The predicted octanol–water partition coefficient (Wildman–Crippen LogP) is 5.03. The van der Waals surface area contributed by atoms with Crippen LogP contribution in [0.3, 0.4) is 0 Å². The van der Waals surface area contributed by atoms with E-state index in [9.17, 15) is 19.5 Å². The molecule has 6 rings (SSSR count). The van der Waals surface area contributed by atoms with Crippen molar-refractivity contribution in [1.29, 1.82) is 0 Å². The molecule has 218 valence electrons. The van der Waals surface area contributed by atoms with Crippen molar-refractivity contribution in [1.82, 2.24) is 15.1 Å². The number of likely N-dealkylation sites (tertiary alicyclic amines) is 2. The summed E-state index contributed by atoms with van der Waals surface area (Å²) in [6, 6.07) is 25.6. The molecule has 0 saturated carbocycles. The van der Waals surface area contributed by atoms with E-state index in [1.165, 1.54) is 10.5 Å². The first-order valence-corrected chi connectivity index (χ1v) is 14.9. The van der Waals surface area contributed by atoms with Gasteiger partial charge in [-0.3, -0.25) is 9.69 Å². The average Bonchev–Trinajstić information content (AvgIpc) is 3.35. The molecule has 8 heteroatoms. The lowest BCUT2D eigenvalue weighted by atomic mass is 9.84. The molecule has 3 aromatic carbocycles. The molecular weight excluding hydrogens is 530 g/mol. The molecule has 0 unspecified atom stereocenters. The summed E-state index contributed by atoms with van der Waals surface area (Å²) < 4.78 is 5.85. The van der Waals surface area contributed by atoms with Crippen LogP contribution in [0.4, 0.5) is 4.79 Å². The number of alkyl carbamates (subject to hydrolysis) is 1. The van der Waals surface area contributed by atoms with E-state index in [4.69, 9.17) is 4.74 Å². The minimum absolute atomic E-state index is 0.0963. The van der Waals surface area contributed by atoms with E-state index in [0.29, 0.717) is 38.9 Å². The summed E-state index contributed by atoms with van der Waals surface area (Å²) in [6.07, 6.45) is 2.04. The van der Waals surface area contributed by atoms with Crippen LogP contribution in [0.25, 0.3) is 11.1 Å². The minimum Gasteiger partial charge on any atom is -0.480 e. The van der Waals surface area contributed by atoms with E-state index in [2.05, 4.69) is 46.6 Å². The predicted molar refractivity (Wildman–Crippen MR) is 159 cm³/mol. The zero-order valence-corrected chi connectivity index (χ0v) is 23.7. The Kier molecular flexibility index (Phi) is 7.98. The zero-order valence-electron chi connectivity index (χ0n) is 23.7. The summed E-state index contributed by atoms with van der Waals surface area (Å²) in [7, 11) is 0. The maximum absolute atomic E-state index is 14.2. The molecule has 2 saturated heterocycles. The van der Waals surface area contributed by atoms with Crippen molar-refractivity contribution >= 4 is 18.0 Å². The van der Waals surface area contributed by atoms with E-state index in [1.54, 1.807) is 0 Å². The number of carbonyl (C=O) groups excluding carboxylic acids is 2. The van der Waals surface area contributed by atoms with Crippen molar-refractivity contribution in [3.05, 3.63) is 95.6 Å². The van der Waals surface area contributed by atoms with Crippen molar-refractivity contribution in [2.75, 3.05) is 26.2 Å². The summed E-state index contributed by atoms with van der Waals surface area (Å²) in [4.78, 5) is 43.4. The number of carboxylic acids is 1. The zero-order chi connectivity index (χ0) is 29.1. The van der Waals surface area contributed by atoms with Gasteiger partial charge in [0.15, 0.2) is 0 Å². The van der Waals surface area contributed by atoms with Crippen molar-refractivity contribution in [2.45, 2.75) is 56.1 Å². The van der Waals surface area contributed by atoms with Crippen LogP contribution in [-0.4, -0.2) is 70.7 Å². The number of aliphatic carboxylic acids is 1. The number of carboxylic acid groups (broad SMARTS) is 1. The summed E-state index contributed by atoms with van der Waals surface area (Å²) in [5, 5.41) is 12.9. The maximum atomic E-state index is 14.2. The fourth-order valence-electron chi connectivity index (χ4n) is 6.86. The van der Waals surface area contributed by atoms with Gasteiger partial charge in [0, 0.05) is 32.1 Å². The molecule has 0 bridgehead atoms. The lowest BCUT2D eigenvalue weighted by Crippen LogP contribution is -2.66. The van der Waals surface area contributed by atoms with E-state index < -0.39 is 23.6 Å². The Morgan fingerprint density at radius 1 is 0.833 bits per heavy atom. The van der Waals surface area contributed by atoms with E-state index in [1.807, 2.05) is 42.5 Å². The first-order valence-electron chi connectivity index (χ1n) is 14.9. The first kappa shape index (κ1) is 28.0. The fraction of sp³-hybridized carbons (Fsp3) is 0.382.